The van der Waals surface area contributed by atoms with Gasteiger partial charge in [0.1, 0.15) is 0 Å². The SMILES string of the molecule is CCCC(C)CC(C)CN1C(=O)CC(SCC(C)(C)C)C1=O. The number of hydrogen-bond donors (Lipinski definition) is 0. The fraction of sp³-hybridized carbons (Fsp3) is 0.889. The van der Waals surface area contributed by atoms with Crippen molar-refractivity contribution in [1.29, 1.82) is 0 Å². The molecule has 2 amide bonds. The van der Waals surface area contributed by atoms with Crippen LogP contribution < -0.4 is 0 Å². The first-order chi connectivity index (χ1) is 10.1. The number of carbonyl (C=O) groups excluding carboxylic acids is 2. The maximum absolute atomic E-state index is 12.5. The Morgan fingerprint density at radius 3 is 2.41 bits per heavy atom. The highest BCUT2D eigenvalue weighted by molar-refractivity contribution is 8.00. The van der Waals surface area contributed by atoms with E-state index in [4.69, 9.17) is 0 Å². The van der Waals surface area contributed by atoms with Crippen LogP contribution in [0.5, 0.6) is 0 Å². The van der Waals surface area contributed by atoms with Crippen molar-refractivity contribution in [2.75, 3.05) is 12.3 Å². The molecule has 3 atom stereocenters. The minimum atomic E-state index is -0.160. The lowest BCUT2D eigenvalue weighted by Gasteiger charge is -2.23. The maximum Gasteiger partial charge on any atom is 0.242 e. The van der Waals surface area contributed by atoms with Crippen molar-refractivity contribution < 1.29 is 9.59 Å². The highest BCUT2D eigenvalue weighted by Gasteiger charge is 2.39. The zero-order valence-corrected chi connectivity index (χ0v) is 16.0. The fourth-order valence-electron chi connectivity index (χ4n) is 3.01. The minimum Gasteiger partial charge on any atom is -0.281 e. The van der Waals surface area contributed by atoms with E-state index in [9.17, 15) is 9.59 Å². The number of rotatable bonds is 8. The fourth-order valence-corrected chi connectivity index (χ4v) is 4.24. The van der Waals surface area contributed by atoms with E-state index in [-0.39, 0.29) is 22.5 Å². The van der Waals surface area contributed by atoms with Crippen LogP contribution >= 0.6 is 11.8 Å². The van der Waals surface area contributed by atoms with Crippen LogP contribution in [0.25, 0.3) is 0 Å². The van der Waals surface area contributed by atoms with Crippen molar-refractivity contribution in [3.8, 4) is 0 Å². The van der Waals surface area contributed by atoms with E-state index in [1.54, 1.807) is 11.8 Å². The van der Waals surface area contributed by atoms with Crippen LogP contribution in [-0.2, 0) is 9.59 Å². The molecule has 1 aliphatic heterocycles. The molecule has 1 saturated heterocycles. The molecule has 1 heterocycles. The Balaban J connectivity index is 2.50. The lowest BCUT2D eigenvalue weighted by atomic mass is 9.93. The number of imide groups is 1. The van der Waals surface area contributed by atoms with E-state index < -0.39 is 0 Å². The second-order valence-corrected chi connectivity index (χ2v) is 9.33. The third kappa shape index (κ3) is 6.31. The third-order valence-corrected chi connectivity index (χ3v) is 5.80. The molecule has 3 nitrogen and oxygen atoms in total. The summed E-state index contributed by atoms with van der Waals surface area (Å²) in [4.78, 5) is 26.1. The van der Waals surface area contributed by atoms with Crippen LogP contribution in [0.1, 0.15) is 67.2 Å². The Bertz CT molecular complexity index is 389. The molecule has 4 heteroatoms. The zero-order valence-electron chi connectivity index (χ0n) is 15.1. The highest BCUT2D eigenvalue weighted by Crippen LogP contribution is 2.31. The second kappa shape index (κ2) is 8.37. The van der Waals surface area contributed by atoms with Crippen LogP contribution in [0.2, 0.25) is 0 Å². The average molecular weight is 328 g/mol. The van der Waals surface area contributed by atoms with Crippen LogP contribution in [0.4, 0.5) is 0 Å². The van der Waals surface area contributed by atoms with E-state index in [1.165, 1.54) is 17.7 Å². The summed E-state index contributed by atoms with van der Waals surface area (Å²) in [6.45, 7) is 13.7. The van der Waals surface area contributed by atoms with Crippen LogP contribution in [-0.4, -0.2) is 34.3 Å². The van der Waals surface area contributed by atoms with Gasteiger partial charge in [0.25, 0.3) is 0 Å². The summed E-state index contributed by atoms with van der Waals surface area (Å²) < 4.78 is 0. The van der Waals surface area contributed by atoms with Crippen molar-refractivity contribution in [2.24, 2.45) is 17.3 Å². The molecule has 3 unspecified atom stereocenters. The van der Waals surface area contributed by atoms with E-state index in [1.807, 2.05) is 0 Å². The van der Waals surface area contributed by atoms with Crippen LogP contribution in [0.3, 0.4) is 0 Å². The molecule has 0 aromatic rings. The molecule has 1 fully saturated rings. The van der Waals surface area contributed by atoms with Gasteiger partial charge in [-0.15, -0.1) is 11.8 Å². The lowest BCUT2D eigenvalue weighted by molar-refractivity contribution is -0.139. The van der Waals surface area contributed by atoms with Gasteiger partial charge < -0.3 is 0 Å². The van der Waals surface area contributed by atoms with Gasteiger partial charge in [-0.05, 0) is 29.4 Å². The molecular weight excluding hydrogens is 294 g/mol. The second-order valence-electron chi connectivity index (χ2n) is 8.14. The Morgan fingerprint density at radius 2 is 1.86 bits per heavy atom. The van der Waals surface area contributed by atoms with Crippen LogP contribution in [0.15, 0.2) is 0 Å². The quantitative estimate of drug-likeness (QED) is 0.622. The summed E-state index contributed by atoms with van der Waals surface area (Å²) in [5.41, 5.74) is 0.185. The highest BCUT2D eigenvalue weighted by atomic mass is 32.2. The topological polar surface area (TPSA) is 37.4 Å². The average Bonchev–Trinajstić information content (AvgIpc) is 2.63. The molecule has 0 aromatic heterocycles. The molecule has 1 rings (SSSR count). The monoisotopic (exact) mass is 327 g/mol. The zero-order chi connectivity index (χ0) is 16.9. The Kier molecular flexibility index (Phi) is 7.43. The van der Waals surface area contributed by atoms with E-state index in [0.29, 0.717) is 24.8 Å². The standard InChI is InChI=1S/C18H33NO2S/c1-7-8-13(2)9-14(3)11-19-16(20)10-15(17(19)21)22-12-18(4,5)6/h13-15H,7-12H2,1-6H3. The molecule has 0 aromatic carbocycles. The number of likely N-dealkylation sites (tertiary alicyclic amines) is 1. The number of amides is 2. The van der Waals surface area contributed by atoms with Crippen molar-refractivity contribution in [3.63, 3.8) is 0 Å². The normalized spacial score (nSPS) is 22.3. The molecule has 0 N–H and O–H groups in total. The summed E-state index contributed by atoms with van der Waals surface area (Å²) in [6.07, 6.45) is 3.89. The van der Waals surface area contributed by atoms with Crippen molar-refractivity contribution in [3.05, 3.63) is 0 Å². The summed E-state index contributed by atoms with van der Waals surface area (Å²) in [7, 11) is 0. The molecule has 0 bridgehead atoms. The molecule has 0 radical (unpaired) electrons. The molecular formula is C18H33NO2S. The van der Waals surface area contributed by atoms with Crippen molar-refractivity contribution in [1.82, 2.24) is 4.90 Å². The number of thioether (sulfide) groups is 1. The predicted octanol–water partition coefficient (Wildman–Crippen LogP) is 4.36. The van der Waals surface area contributed by atoms with Gasteiger partial charge in [-0.2, -0.15) is 0 Å². The molecule has 0 saturated carbocycles. The lowest BCUT2D eigenvalue weighted by Crippen LogP contribution is -2.35. The maximum atomic E-state index is 12.5. The Labute approximate surface area is 140 Å². The molecule has 1 aliphatic rings. The van der Waals surface area contributed by atoms with Gasteiger partial charge in [0.15, 0.2) is 0 Å². The summed E-state index contributed by atoms with van der Waals surface area (Å²) in [6, 6.07) is 0. The van der Waals surface area contributed by atoms with Gasteiger partial charge in [-0.25, -0.2) is 0 Å². The molecule has 0 spiro atoms. The summed E-state index contributed by atoms with van der Waals surface area (Å²) in [5, 5.41) is -0.160. The first-order valence-corrected chi connectivity index (χ1v) is 9.64. The van der Waals surface area contributed by atoms with Crippen LogP contribution in [0, 0.1) is 17.3 Å². The van der Waals surface area contributed by atoms with Gasteiger partial charge in [0, 0.05) is 13.0 Å². The Hall–Kier alpha value is -0.510. The van der Waals surface area contributed by atoms with Gasteiger partial charge >= 0.3 is 0 Å². The minimum absolute atomic E-state index is 0.0198. The third-order valence-electron chi connectivity index (χ3n) is 4.00. The number of nitrogens with zero attached hydrogens (tertiary/aromatic N) is 1. The summed E-state index contributed by atoms with van der Waals surface area (Å²) >= 11 is 1.64. The first-order valence-electron chi connectivity index (χ1n) is 8.59. The first kappa shape index (κ1) is 19.5. The smallest absolute Gasteiger partial charge is 0.242 e. The number of hydrogen-bond acceptors (Lipinski definition) is 3. The predicted molar refractivity (Wildman–Crippen MR) is 94.9 cm³/mol. The van der Waals surface area contributed by atoms with E-state index >= 15 is 0 Å². The van der Waals surface area contributed by atoms with Gasteiger partial charge in [0.2, 0.25) is 11.8 Å². The summed E-state index contributed by atoms with van der Waals surface area (Å²) in [5.74, 6) is 2.02. The molecule has 128 valence electrons. The van der Waals surface area contributed by atoms with E-state index in [2.05, 4.69) is 41.5 Å². The van der Waals surface area contributed by atoms with Crippen molar-refractivity contribution >= 4 is 23.6 Å². The number of carbonyl (C=O) groups is 2. The largest absolute Gasteiger partial charge is 0.281 e. The Morgan fingerprint density at radius 1 is 1.23 bits per heavy atom. The van der Waals surface area contributed by atoms with Gasteiger partial charge in [-0.3, -0.25) is 14.5 Å². The van der Waals surface area contributed by atoms with Gasteiger partial charge in [-0.1, -0.05) is 54.4 Å². The van der Waals surface area contributed by atoms with E-state index in [0.717, 1.165) is 12.2 Å². The molecule has 0 aliphatic carbocycles. The molecule has 22 heavy (non-hydrogen) atoms. The van der Waals surface area contributed by atoms with Gasteiger partial charge in [0.05, 0.1) is 5.25 Å². The van der Waals surface area contributed by atoms with Crippen molar-refractivity contribution in [2.45, 2.75) is 72.5 Å².